The van der Waals surface area contributed by atoms with E-state index in [0.29, 0.717) is 11.5 Å². The maximum Gasteiger partial charge on any atom is 0.0465 e. The number of hydrogen-bond acceptors (Lipinski definition) is 1. The lowest BCUT2D eigenvalue weighted by molar-refractivity contribution is 0.137. The van der Waals surface area contributed by atoms with Crippen molar-refractivity contribution in [2.45, 2.75) is 65.5 Å². The van der Waals surface area contributed by atoms with Gasteiger partial charge in [0.1, 0.15) is 0 Å². The van der Waals surface area contributed by atoms with Crippen LogP contribution >= 0.6 is 23.2 Å². The monoisotopic (exact) mass is 327 g/mol. The number of nitrogens with one attached hydrogen (secondary N) is 1. The van der Waals surface area contributed by atoms with Crippen molar-refractivity contribution in [3.05, 3.63) is 33.8 Å². The van der Waals surface area contributed by atoms with Crippen LogP contribution in [0.2, 0.25) is 10.0 Å². The molecule has 1 aliphatic carbocycles. The normalized spacial score (nSPS) is 23.3. The van der Waals surface area contributed by atoms with Gasteiger partial charge in [0.25, 0.3) is 0 Å². The van der Waals surface area contributed by atoms with Gasteiger partial charge in [-0.25, -0.2) is 0 Å². The van der Waals surface area contributed by atoms with Crippen molar-refractivity contribution in [1.29, 1.82) is 0 Å². The SMILES string of the molecule is CCC(C)(C)C1CCC(NCc2c(Cl)cccc2Cl)CC1. The molecule has 0 amide bonds. The summed E-state index contributed by atoms with van der Waals surface area (Å²) in [4.78, 5) is 0. The summed E-state index contributed by atoms with van der Waals surface area (Å²) in [6.07, 6.45) is 6.45. The summed E-state index contributed by atoms with van der Waals surface area (Å²) in [5.74, 6) is 0.865. The summed E-state index contributed by atoms with van der Waals surface area (Å²) in [7, 11) is 0. The lowest BCUT2D eigenvalue weighted by Crippen LogP contribution is -2.36. The van der Waals surface area contributed by atoms with E-state index in [2.05, 4.69) is 26.1 Å². The molecular weight excluding hydrogens is 301 g/mol. The van der Waals surface area contributed by atoms with Gasteiger partial charge < -0.3 is 5.32 Å². The van der Waals surface area contributed by atoms with Gasteiger partial charge in [0.15, 0.2) is 0 Å². The van der Waals surface area contributed by atoms with Crippen molar-refractivity contribution >= 4 is 23.2 Å². The van der Waals surface area contributed by atoms with E-state index in [1.807, 2.05) is 18.2 Å². The molecule has 0 radical (unpaired) electrons. The van der Waals surface area contributed by atoms with Crippen LogP contribution in [0.15, 0.2) is 18.2 Å². The molecule has 1 aromatic rings. The molecule has 1 N–H and O–H groups in total. The van der Waals surface area contributed by atoms with Gasteiger partial charge in [0.2, 0.25) is 0 Å². The molecule has 1 saturated carbocycles. The number of rotatable bonds is 5. The zero-order valence-electron chi connectivity index (χ0n) is 13.4. The van der Waals surface area contributed by atoms with Crippen molar-refractivity contribution in [3.8, 4) is 0 Å². The van der Waals surface area contributed by atoms with Crippen molar-refractivity contribution < 1.29 is 0 Å². The van der Waals surface area contributed by atoms with Crippen LogP contribution in [0, 0.1) is 11.3 Å². The summed E-state index contributed by atoms with van der Waals surface area (Å²) in [5, 5.41) is 5.16. The lowest BCUT2D eigenvalue weighted by Gasteiger charge is -2.39. The second-order valence-corrected chi connectivity index (χ2v) is 7.79. The van der Waals surface area contributed by atoms with Crippen LogP contribution in [0.4, 0.5) is 0 Å². The van der Waals surface area contributed by atoms with Gasteiger partial charge in [0.05, 0.1) is 0 Å². The van der Waals surface area contributed by atoms with Gasteiger partial charge in [-0.1, -0.05) is 56.5 Å². The van der Waals surface area contributed by atoms with Crippen molar-refractivity contribution in [2.75, 3.05) is 0 Å². The number of benzene rings is 1. The zero-order chi connectivity index (χ0) is 15.5. The Bertz CT molecular complexity index is 442. The quantitative estimate of drug-likeness (QED) is 0.691. The zero-order valence-corrected chi connectivity index (χ0v) is 14.9. The van der Waals surface area contributed by atoms with Crippen LogP contribution in [-0.4, -0.2) is 6.04 Å². The molecule has 0 atom stereocenters. The molecule has 0 aromatic heterocycles. The van der Waals surface area contributed by atoms with Crippen LogP contribution in [0.1, 0.15) is 58.4 Å². The molecule has 2 rings (SSSR count). The Morgan fingerprint density at radius 1 is 1.10 bits per heavy atom. The molecule has 0 saturated heterocycles. The Kier molecular flexibility index (Phi) is 5.99. The van der Waals surface area contributed by atoms with E-state index < -0.39 is 0 Å². The van der Waals surface area contributed by atoms with Crippen molar-refractivity contribution in [2.24, 2.45) is 11.3 Å². The second-order valence-electron chi connectivity index (χ2n) is 6.97. The van der Waals surface area contributed by atoms with Gasteiger partial charge in [-0.15, -0.1) is 0 Å². The standard InChI is InChI=1S/C18H27Cl2N/c1-4-18(2,3)13-8-10-14(11-9-13)21-12-15-16(19)6-5-7-17(15)20/h5-7,13-14,21H,4,8-12H2,1-3H3. The summed E-state index contributed by atoms with van der Waals surface area (Å²) in [6, 6.07) is 6.31. The highest BCUT2D eigenvalue weighted by Crippen LogP contribution is 2.40. The van der Waals surface area contributed by atoms with E-state index in [9.17, 15) is 0 Å². The molecule has 118 valence electrons. The predicted octanol–water partition coefficient (Wildman–Crippen LogP) is 6.08. The maximum absolute atomic E-state index is 6.22. The lowest BCUT2D eigenvalue weighted by atomic mass is 9.69. The van der Waals surface area contributed by atoms with Crippen molar-refractivity contribution in [3.63, 3.8) is 0 Å². The molecule has 3 heteroatoms. The fraction of sp³-hybridized carbons (Fsp3) is 0.667. The van der Waals surface area contributed by atoms with Crippen LogP contribution < -0.4 is 5.32 Å². The molecule has 1 aromatic carbocycles. The largest absolute Gasteiger partial charge is 0.310 e. The van der Waals surface area contributed by atoms with E-state index in [0.717, 1.165) is 28.1 Å². The fourth-order valence-electron chi connectivity index (χ4n) is 3.32. The molecule has 1 aliphatic rings. The van der Waals surface area contributed by atoms with Crippen LogP contribution in [0.3, 0.4) is 0 Å². The number of hydrogen-bond donors (Lipinski definition) is 1. The Morgan fingerprint density at radius 3 is 2.19 bits per heavy atom. The fourth-order valence-corrected chi connectivity index (χ4v) is 3.85. The summed E-state index contributed by atoms with van der Waals surface area (Å²) in [5.41, 5.74) is 1.51. The van der Waals surface area contributed by atoms with Gasteiger partial charge in [0, 0.05) is 28.2 Å². The third-order valence-electron chi connectivity index (χ3n) is 5.37. The second kappa shape index (κ2) is 7.35. The first kappa shape index (κ1) is 17.1. The van der Waals surface area contributed by atoms with E-state index in [-0.39, 0.29) is 0 Å². The minimum atomic E-state index is 0.483. The molecular formula is C18H27Cl2N. The molecule has 1 nitrogen and oxygen atoms in total. The summed E-state index contributed by atoms with van der Waals surface area (Å²) in [6.45, 7) is 7.90. The number of halogens is 2. The Labute approximate surface area is 139 Å². The minimum Gasteiger partial charge on any atom is -0.310 e. The summed E-state index contributed by atoms with van der Waals surface area (Å²) >= 11 is 12.4. The first-order valence-corrected chi connectivity index (χ1v) is 8.86. The third kappa shape index (κ3) is 4.37. The van der Waals surface area contributed by atoms with Crippen LogP contribution in [0.5, 0.6) is 0 Å². The van der Waals surface area contributed by atoms with Crippen LogP contribution in [-0.2, 0) is 6.54 Å². The maximum atomic E-state index is 6.22. The van der Waals surface area contributed by atoms with Gasteiger partial charge in [-0.2, -0.15) is 0 Å². The first-order chi connectivity index (χ1) is 9.94. The molecule has 0 bridgehead atoms. The minimum absolute atomic E-state index is 0.483. The van der Waals surface area contributed by atoms with E-state index in [4.69, 9.17) is 23.2 Å². The first-order valence-electron chi connectivity index (χ1n) is 8.10. The topological polar surface area (TPSA) is 12.0 Å². The molecule has 0 spiro atoms. The molecule has 0 unspecified atom stereocenters. The predicted molar refractivity (Wildman–Crippen MR) is 93.1 cm³/mol. The average molecular weight is 328 g/mol. The molecule has 21 heavy (non-hydrogen) atoms. The molecule has 0 aliphatic heterocycles. The summed E-state index contributed by atoms with van der Waals surface area (Å²) < 4.78 is 0. The van der Waals surface area contributed by atoms with E-state index >= 15 is 0 Å². The van der Waals surface area contributed by atoms with Gasteiger partial charge in [-0.3, -0.25) is 0 Å². The highest BCUT2D eigenvalue weighted by atomic mass is 35.5. The van der Waals surface area contributed by atoms with Gasteiger partial charge in [-0.05, 0) is 49.1 Å². The highest BCUT2D eigenvalue weighted by Gasteiger charge is 2.31. The smallest absolute Gasteiger partial charge is 0.0465 e. The molecule has 1 fully saturated rings. The Balaban J connectivity index is 1.85. The third-order valence-corrected chi connectivity index (χ3v) is 6.08. The van der Waals surface area contributed by atoms with E-state index in [1.165, 1.54) is 32.1 Å². The molecule has 0 heterocycles. The van der Waals surface area contributed by atoms with Crippen LogP contribution in [0.25, 0.3) is 0 Å². The van der Waals surface area contributed by atoms with E-state index in [1.54, 1.807) is 0 Å². The highest BCUT2D eigenvalue weighted by molar-refractivity contribution is 6.35. The Hall–Kier alpha value is -0.240. The Morgan fingerprint density at radius 2 is 1.67 bits per heavy atom. The van der Waals surface area contributed by atoms with Crippen molar-refractivity contribution in [1.82, 2.24) is 5.32 Å². The average Bonchev–Trinajstić information content (AvgIpc) is 2.47. The van der Waals surface area contributed by atoms with Gasteiger partial charge >= 0.3 is 0 Å².